The number of amides is 5. The SMILES string of the molecule is CN[C@H](C(=O)N[C@H](C(=O)N[C@@H](CC(=O)N1CCCC1)C(=O)N[C@H](C(=O)N[C@@H](CC(C)(C)C)C(=O)C(O)C(Cc1ccccc1)Cc1ccccc1)C1(C(=O)O)CCCC1)C(C)(C)C)C(C)C. The van der Waals surface area contributed by atoms with E-state index in [1.165, 1.54) is 0 Å². The van der Waals surface area contributed by atoms with Gasteiger partial charge in [0.1, 0.15) is 24.2 Å². The van der Waals surface area contributed by atoms with Crippen LogP contribution in [0.25, 0.3) is 0 Å². The minimum atomic E-state index is -1.80. The number of aliphatic carboxylic acids is 1. The molecular weight excluding hydrogens is 841 g/mol. The molecule has 2 aromatic rings. The lowest BCUT2D eigenvalue weighted by Crippen LogP contribution is -2.65. The summed E-state index contributed by atoms with van der Waals surface area (Å²) < 4.78 is 0. The van der Waals surface area contributed by atoms with Gasteiger partial charge in [0.25, 0.3) is 0 Å². The maximum absolute atomic E-state index is 14.9. The minimum absolute atomic E-state index is 0.0295. The summed E-state index contributed by atoms with van der Waals surface area (Å²) in [6, 6.07) is 12.6. The fourth-order valence-corrected chi connectivity index (χ4v) is 9.40. The summed E-state index contributed by atoms with van der Waals surface area (Å²) in [6.45, 7) is 15.5. The summed E-state index contributed by atoms with van der Waals surface area (Å²) in [4.78, 5) is 101. The molecule has 1 unspecified atom stereocenters. The smallest absolute Gasteiger partial charge is 0.312 e. The molecule has 0 aromatic heterocycles. The summed E-state index contributed by atoms with van der Waals surface area (Å²) in [5, 5.41) is 36.9. The van der Waals surface area contributed by atoms with Crippen LogP contribution in [0.5, 0.6) is 0 Å². The van der Waals surface area contributed by atoms with E-state index < -0.39 is 106 Å². The average Bonchev–Trinajstić information content (AvgIpc) is 3.98. The number of carboxylic acids is 1. The van der Waals surface area contributed by atoms with Crippen molar-refractivity contribution in [2.45, 2.75) is 156 Å². The summed E-state index contributed by atoms with van der Waals surface area (Å²) in [6.07, 6.45) is 1.23. The predicted octanol–water partition coefficient (Wildman–Crippen LogP) is 4.34. The van der Waals surface area contributed by atoms with E-state index in [2.05, 4.69) is 26.6 Å². The van der Waals surface area contributed by atoms with Crippen molar-refractivity contribution in [3.8, 4) is 0 Å². The Kier molecular flexibility index (Phi) is 19.1. The van der Waals surface area contributed by atoms with Crippen molar-refractivity contribution in [1.82, 2.24) is 31.5 Å². The lowest BCUT2D eigenvalue weighted by molar-refractivity contribution is -0.155. The van der Waals surface area contributed by atoms with Gasteiger partial charge in [-0.05, 0) is 79.9 Å². The summed E-state index contributed by atoms with van der Waals surface area (Å²) >= 11 is 0. The van der Waals surface area contributed by atoms with Gasteiger partial charge in [-0.1, -0.05) is 129 Å². The van der Waals surface area contributed by atoms with E-state index in [1.54, 1.807) is 32.7 Å². The van der Waals surface area contributed by atoms with Gasteiger partial charge in [0.2, 0.25) is 29.5 Å². The average molecular weight is 917 g/mol. The van der Waals surface area contributed by atoms with E-state index >= 15 is 0 Å². The third-order valence-electron chi connectivity index (χ3n) is 13.1. The Morgan fingerprint density at radius 2 is 1.20 bits per heavy atom. The summed E-state index contributed by atoms with van der Waals surface area (Å²) in [5.41, 5.74) is -1.41. The molecule has 66 heavy (non-hydrogen) atoms. The number of ketones is 1. The number of likely N-dealkylation sites (tertiary alicyclic amines) is 1. The highest BCUT2D eigenvalue weighted by Gasteiger charge is 2.53. The standard InChI is InChI=1S/C51H76N6O9/c1-32(2)39(52-9)45(62)55-42(50(6,7)8)46(63)53-36(30-38(58)57-26-18-19-27-57)44(61)56-43(51(48(65)66)24-16-17-25-51)47(64)54-37(31-49(3,4)5)41(60)40(59)35(28-33-20-12-10-13-21-33)29-34-22-14-11-15-23-34/h10-15,20-23,32,35-37,39-40,42-43,52,59H,16-19,24-31H2,1-9H3,(H,53,63)(H,54,64)(H,55,62)(H,56,61)(H,65,66)/t36-,37-,39-,40?,42+,43+/m0/s1. The Morgan fingerprint density at radius 3 is 1.65 bits per heavy atom. The zero-order valence-corrected chi connectivity index (χ0v) is 40.6. The molecular formula is C51H76N6O9. The number of rotatable bonds is 22. The molecule has 4 rings (SSSR count). The number of aliphatic hydroxyl groups is 1. The number of carbonyl (C=O) groups is 7. The maximum atomic E-state index is 14.9. The lowest BCUT2D eigenvalue weighted by atomic mass is 9.77. The fraction of sp³-hybridized carbons (Fsp3) is 0.627. The molecule has 2 aliphatic rings. The Balaban J connectivity index is 1.71. The zero-order valence-electron chi connectivity index (χ0n) is 40.6. The molecule has 7 N–H and O–H groups in total. The molecule has 5 amide bonds. The van der Waals surface area contributed by atoms with Crippen molar-refractivity contribution in [2.75, 3.05) is 20.1 Å². The third-order valence-corrected chi connectivity index (χ3v) is 13.1. The second-order valence-corrected chi connectivity index (χ2v) is 21.1. The molecule has 1 saturated carbocycles. The van der Waals surface area contributed by atoms with Crippen molar-refractivity contribution in [3.63, 3.8) is 0 Å². The Hall–Kier alpha value is -5.15. The molecule has 2 fully saturated rings. The van der Waals surface area contributed by atoms with Gasteiger partial charge in [-0.2, -0.15) is 0 Å². The van der Waals surface area contributed by atoms with Crippen molar-refractivity contribution < 1.29 is 43.8 Å². The molecule has 1 heterocycles. The van der Waals surface area contributed by atoms with Gasteiger partial charge in [0.05, 0.1) is 23.9 Å². The number of likely N-dealkylation sites (N-methyl/N-ethyl adjacent to an activating group) is 1. The maximum Gasteiger partial charge on any atom is 0.312 e. The van der Waals surface area contributed by atoms with Crippen LogP contribution in [0, 0.1) is 28.1 Å². The number of Topliss-reactive ketones (excluding diaryl/α,β-unsaturated/α-hetero) is 1. The van der Waals surface area contributed by atoms with E-state index in [0.717, 1.165) is 24.0 Å². The van der Waals surface area contributed by atoms with Crippen LogP contribution in [0.1, 0.15) is 118 Å². The van der Waals surface area contributed by atoms with Crippen LogP contribution in [0.2, 0.25) is 0 Å². The van der Waals surface area contributed by atoms with Gasteiger partial charge in [-0.25, -0.2) is 0 Å². The van der Waals surface area contributed by atoms with E-state index in [0.29, 0.717) is 38.8 Å². The number of nitrogens with zero attached hydrogens (tertiary/aromatic N) is 1. The topological polar surface area (TPSA) is 223 Å². The Labute approximate surface area is 391 Å². The van der Waals surface area contributed by atoms with E-state index in [-0.39, 0.29) is 25.2 Å². The molecule has 15 heteroatoms. The highest BCUT2D eigenvalue weighted by Crippen LogP contribution is 2.42. The fourth-order valence-electron chi connectivity index (χ4n) is 9.40. The number of aliphatic hydroxyl groups excluding tert-OH is 1. The second-order valence-electron chi connectivity index (χ2n) is 21.1. The first-order chi connectivity index (χ1) is 31.0. The monoisotopic (exact) mass is 917 g/mol. The zero-order chi connectivity index (χ0) is 49.0. The molecule has 2 aromatic carbocycles. The largest absolute Gasteiger partial charge is 0.481 e. The molecule has 364 valence electrons. The lowest BCUT2D eigenvalue weighted by Gasteiger charge is -2.37. The number of carbonyl (C=O) groups excluding carboxylic acids is 6. The normalized spacial score (nSPS) is 17.8. The number of hydrogen-bond acceptors (Lipinski definition) is 9. The first kappa shape index (κ1) is 53.5. The van der Waals surface area contributed by atoms with Gasteiger partial charge in [-0.15, -0.1) is 0 Å². The van der Waals surface area contributed by atoms with Crippen LogP contribution in [-0.4, -0.2) is 113 Å². The Bertz CT molecular complexity index is 1930. The van der Waals surface area contributed by atoms with Gasteiger partial charge in [0.15, 0.2) is 5.78 Å². The highest BCUT2D eigenvalue weighted by molar-refractivity contribution is 6.00. The van der Waals surface area contributed by atoms with Crippen LogP contribution in [0.15, 0.2) is 60.7 Å². The van der Waals surface area contributed by atoms with Crippen LogP contribution < -0.4 is 26.6 Å². The molecule has 0 radical (unpaired) electrons. The summed E-state index contributed by atoms with van der Waals surface area (Å²) in [7, 11) is 1.64. The first-order valence-electron chi connectivity index (χ1n) is 23.7. The molecule has 0 bridgehead atoms. The Morgan fingerprint density at radius 1 is 0.682 bits per heavy atom. The van der Waals surface area contributed by atoms with Crippen LogP contribution in [0.3, 0.4) is 0 Å². The van der Waals surface area contributed by atoms with Crippen LogP contribution >= 0.6 is 0 Å². The van der Waals surface area contributed by atoms with Crippen molar-refractivity contribution >= 4 is 41.3 Å². The highest BCUT2D eigenvalue weighted by atomic mass is 16.4. The molecule has 15 nitrogen and oxygen atoms in total. The van der Waals surface area contributed by atoms with Gasteiger partial charge >= 0.3 is 5.97 Å². The van der Waals surface area contributed by atoms with Crippen molar-refractivity contribution in [3.05, 3.63) is 71.8 Å². The number of benzene rings is 2. The third kappa shape index (κ3) is 14.7. The van der Waals surface area contributed by atoms with Crippen LogP contribution in [-0.2, 0) is 46.4 Å². The predicted molar refractivity (Wildman–Crippen MR) is 253 cm³/mol. The number of carboxylic acid groups (broad SMARTS) is 1. The minimum Gasteiger partial charge on any atom is -0.481 e. The van der Waals surface area contributed by atoms with Gasteiger partial charge in [0, 0.05) is 19.0 Å². The van der Waals surface area contributed by atoms with Crippen LogP contribution in [0.4, 0.5) is 0 Å². The molecule has 1 saturated heterocycles. The van der Waals surface area contributed by atoms with Crippen molar-refractivity contribution in [1.29, 1.82) is 0 Å². The quantitative estimate of drug-likeness (QED) is 0.0886. The second kappa shape index (κ2) is 23.5. The van der Waals surface area contributed by atoms with Gasteiger partial charge < -0.3 is 41.7 Å². The summed E-state index contributed by atoms with van der Waals surface area (Å²) in [5.74, 6) is -6.19. The number of hydrogen-bond donors (Lipinski definition) is 7. The first-order valence-corrected chi connectivity index (χ1v) is 23.7. The molecule has 1 aliphatic carbocycles. The van der Waals surface area contributed by atoms with E-state index in [4.69, 9.17) is 0 Å². The molecule has 6 atom stereocenters. The van der Waals surface area contributed by atoms with Gasteiger partial charge in [-0.3, -0.25) is 33.6 Å². The van der Waals surface area contributed by atoms with E-state index in [9.17, 15) is 43.8 Å². The number of nitrogens with one attached hydrogen (secondary N) is 5. The van der Waals surface area contributed by atoms with E-state index in [1.807, 2.05) is 95.3 Å². The molecule has 0 spiro atoms. The molecule has 1 aliphatic heterocycles. The van der Waals surface area contributed by atoms with Crippen molar-refractivity contribution in [2.24, 2.45) is 28.1 Å².